The molecule has 1 aromatic rings. The Labute approximate surface area is 144 Å². The van der Waals surface area contributed by atoms with E-state index < -0.39 is 28.4 Å². The summed E-state index contributed by atoms with van der Waals surface area (Å²) in [6, 6.07) is -1.96. The van der Waals surface area contributed by atoms with Crippen molar-refractivity contribution in [3.8, 4) is 0 Å². The van der Waals surface area contributed by atoms with E-state index in [-0.39, 0.29) is 19.6 Å². The summed E-state index contributed by atoms with van der Waals surface area (Å²) in [6.07, 6.45) is 3.39. The summed E-state index contributed by atoms with van der Waals surface area (Å²) in [6.45, 7) is 3.42. The minimum atomic E-state index is -4.86. The number of likely N-dealkylation sites (N-methyl/N-ethyl adjacent to an activating group) is 1. The van der Waals surface area contributed by atoms with E-state index in [4.69, 9.17) is 13.8 Å². The van der Waals surface area contributed by atoms with Crippen LogP contribution in [0.4, 0.5) is 4.79 Å². The molecule has 3 N–H and O–H groups in total. The minimum absolute atomic E-state index is 0.0364. The first-order valence-electron chi connectivity index (χ1n) is 7.29. The Morgan fingerprint density at radius 2 is 2.12 bits per heavy atom. The van der Waals surface area contributed by atoms with Crippen LogP contribution in [0.15, 0.2) is 17.1 Å². The summed E-state index contributed by atoms with van der Waals surface area (Å²) < 4.78 is 38.1. The molecule has 0 aliphatic heterocycles. The highest BCUT2D eigenvalue weighted by molar-refractivity contribution is 7.80. The molecule has 0 aliphatic rings. The van der Waals surface area contributed by atoms with Crippen molar-refractivity contribution in [2.45, 2.75) is 39.3 Å². The van der Waals surface area contributed by atoms with Gasteiger partial charge < -0.3 is 9.32 Å². The van der Waals surface area contributed by atoms with Gasteiger partial charge in [0.1, 0.15) is 24.6 Å². The van der Waals surface area contributed by atoms with Gasteiger partial charge >= 0.3 is 16.4 Å². The van der Waals surface area contributed by atoms with Crippen LogP contribution in [-0.4, -0.2) is 47.4 Å². The Morgan fingerprint density at radius 3 is 2.64 bits per heavy atom. The van der Waals surface area contributed by atoms with Gasteiger partial charge in [-0.3, -0.25) is 14.2 Å². The van der Waals surface area contributed by atoms with Gasteiger partial charge in [0, 0.05) is 6.54 Å². The molecule has 12 nitrogen and oxygen atoms in total. The van der Waals surface area contributed by atoms with Crippen molar-refractivity contribution in [3.05, 3.63) is 18.4 Å². The molecule has 0 aliphatic carbocycles. The van der Waals surface area contributed by atoms with E-state index in [9.17, 15) is 18.0 Å². The Morgan fingerprint density at radius 1 is 1.40 bits per heavy atom. The average Bonchev–Trinajstić information content (AvgIpc) is 3.05. The van der Waals surface area contributed by atoms with E-state index in [0.29, 0.717) is 12.1 Å². The zero-order chi connectivity index (χ0) is 18.9. The Bertz CT molecular complexity index is 648. The number of hydrogen-bond donors (Lipinski definition) is 3. The van der Waals surface area contributed by atoms with E-state index in [0.717, 1.165) is 4.90 Å². The van der Waals surface area contributed by atoms with Gasteiger partial charge in [0.05, 0.1) is 0 Å². The van der Waals surface area contributed by atoms with Crippen molar-refractivity contribution >= 4 is 22.3 Å². The van der Waals surface area contributed by atoms with Crippen LogP contribution in [0, 0.1) is 0 Å². The molecular weight excluding hydrogens is 360 g/mol. The first-order chi connectivity index (χ1) is 11.8. The topological polar surface area (TPSA) is 160 Å². The van der Waals surface area contributed by atoms with Gasteiger partial charge in [0.2, 0.25) is 0 Å². The molecule has 1 heterocycles. The zero-order valence-electron chi connectivity index (χ0n) is 13.7. The summed E-state index contributed by atoms with van der Waals surface area (Å²) in [4.78, 5) is 34.1. The molecule has 0 radical (unpaired) electrons. The molecule has 3 amide bonds. The second-order valence-corrected chi connectivity index (χ2v) is 5.77. The lowest BCUT2D eigenvalue weighted by atomic mass is 10.1. The number of aromatic nitrogens is 1. The number of oxazole rings is 1. The summed E-state index contributed by atoms with van der Waals surface area (Å²) in [5.74, 6) is -0.616. The molecule has 1 aromatic heterocycles. The summed E-state index contributed by atoms with van der Waals surface area (Å²) in [5.41, 5.74) is 4.21. The number of urea groups is 1. The molecule has 0 bridgehead atoms. The fourth-order valence-corrected chi connectivity index (χ4v) is 2.09. The van der Waals surface area contributed by atoms with Crippen molar-refractivity contribution in [2.75, 3.05) is 6.54 Å². The zero-order valence-corrected chi connectivity index (χ0v) is 14.5. The molecule has 0 spiro atoms. The third kappa shape index (κ3) is 7.47. The van der Waals surface area contributed by atoms with Crippen LogP contribution in [0.2, 0.25) is 0 Å². The second kappa shape index (κ2) is 9.93. The molecule has 0 aromatic carbocycles. The van der Waals surface area contributed by atoms with E-state index in [2.05, 4.69) is 14.7 Å². The summed E-state index contributed by atoms with van der Waals surface area (Å²) in [7, 11) is -4.86. The van der Waals surface area contributed by atoms with Crippen LogP contribution < -0.4 is 11.0 Å². The average molecular weight is 380 g/mol. The molecule has 142 valence electrons. The van der Waals surface area contributed by atoms with E-state index in [1.54, 1.807) is 19.3 Å². The maximum Gasteiger partial charge on any atom is 0.418 e. The lowest BCUT2D eigenvalue weighted by Gasteiger charge is -2.28. The highest BCUT2D eigenvalue weighted by Crippen LogP contribution is 2.09. The van der Waals surface area contributed by atoms with Gasteiger partial charge in [-0.1, -0.05) is 13.3 Å². The quantitative estimate of drug-likeness (QED) is 0.379. The van der Waals surface area contributed by atoms with Gasteiger partial charge in [0.25, 0.3) is 5.91 Å². The highest BCUT2D eigenvalue weighted by Gasteiger charge is 2.29. The number of nitrogens with one attached hydrogen (secondary N) is 2. The number of amides is 3. The fourth-order valence-electron chi connectivity index (χ4n) is 1.91. The molecule has 0 fully saturated rings. The van der Waals surface area contributed by atoms with Crippen molar-refractivity contribution < 1.29 is 36.1 Å². The maximum absolute atomic E-state index is 12.3. The number of rotatable bonds is 10. The third-order valence-electron chi connectivity index (χ3n) is 2.95. The van der Waals surface area contributed by atoms with Gasteiger partial charge in [-0.2, -0.15) is 13.9 Å². The number of hydroxylamine groups is 2. The number of hydrogen-bond acceptors (Lipinski definition) is 8. The lowest BCUT2D eigenvalue weighted by molar-refractivity contribution is -0.139. The number of carbonyl (C=O) groups is 2. The Hall–Kier alpha value is -2.22. The molecule has 13 heteroatoms. The van der Waals surface area contributed by atoms with Crippen molar-refractivity contribution in [2.24, 2.45) is 0 Å². The molecule has 0 saturated carbocycles. The molecule has 1 rings (SSSR count). The van der Waals surface area contributed by atoms with E-state index in [1.807, 2.05) is 0 Å². The summed E-state index contributed by atoms with van der Waals surface area (Å²) in [5, 5.41) is 0. The Kier molecular flexibility index (Phi) is 8.27. The van der Waals surface area contributed by atoms with Gasteiger partial charge in [0.15, 0.2) is 6.39 Å². The van der Waals surface area contributed by atoms with Crippen molar-refractivity contribution in [1.29, 1.82) is 0 Å². The van der Waals surface area contributed by atoms with Gasteiger partial charge in [-0.25, -0.2) is 15.3 Å². The second-order valence-electron chi connectivity index (χ2n) is 4.74. The normalized spacial score (nSPS) is 12.4. The predicted molar refractivity (Wildman–Crippen MR) is 81.7 cm³/mol. The maximum atomic E-state index is 12.3. The minimum Gasteiger partial charge on any atom is -0.451 e. The lowest BCUT2D eigenvalue weighted by Crippen LogP contribution is -2.52. The van der Waals surface area contributed by atoms with Crippen molar-refractivity contribution in [1.82, 2.24) is 20.8 Å². The molecule has 1 atom stereocenters. The van der Waals surface area contributed by atoms with Crippen LogP contribution in [0.1, 0.15) is 32.4 Å². The first kappa shape index (κ1) is 20.8. The fraction of sp³-hybridized carbons (Fsp3) is 0.583. The molecule has 25 heavy (non-hydrogen) atoms. The standard InChI is InChI=1S/C12H20N4O8S/c1-3-5-10(11(17)14-23-7-9-6-22-8-13-9)16(4-2)12(18)15-24-25(19,20)21/h6,8,10H,3-5,7H2,1-2H3,(H,14,17)(H,15,18)(H,19,20,21)/t10-/m0/s1. The first-order valence-corrected chi connectivity index (χ1v) is 8.66. The van der Waals surface area contributed by atoms with Gasteiger partial charge in [-0.05, 0) is 13.3 Å². The number of nitrogens with zero attached hydrogens (tertiary/aromatic N) is 2. The highest BCUT2D eigenvalue weighted by atomic mass is 32.3. The third-order valence-corrected chi connectivity index (χ3v) is 3.25. The van der Waals surface area contributed by atoms with E-state index in [1.165, 1.54) is 12.7 Å². The molecule has 0 saturated heterocycles. The largest absolute Gasteiger partial charge is 0.451 e. The monoisotopic (exact) mass is 380 g/mol. The van der Waals surface area contributed by atoms with Crippen LogP contribution in [0.25, 0.3) is 0 Å². The van der Waals surface area contributed by atoms with Crippen LogP contribution in [0.3, 0.4) is 0 Å². The predicted octanol–water partition coefficient (Wildman–Crippen LogP) is 0.157. The van der Waals surface area contributed by atoms with Crippen molar-refractivity contribution in [3.63, 3.8) is 0 Å². The van der Waals surface area contributed by atoms with Crippen LogP contribution in [0.5, 0.6) is 0 Å². The van der Waals surface area contributed by atoms with Crippen LogP contribution >= 0.6 is 0 Å². The molecule has 0 unspecified atom stereocenters. The van der Waals surface area contributed by atoms with Gasteiger partial charge in [-0.15, -0.1) is 4.28 Å². The molecular formula is C12H20N4O8S. The number of carbonyl (C=O) groups excluding carboxylic acids is 2. The summed E-state index contributed by atoms with van der Waals surface area (Å²) >= 11 is 0. The smallest absolute Gasteiger partial charge is 0.418 e. The SMILES string of the molecule is CCC[C@@H](C(=O)NOCc1cocn1)N(CC)C(=O)NOS(=O)(=O)O. The van der Waals surface area contributed by atoms with E-state index >= 15 is 0 Å². The Balaban J connectivity index is 2.65. The van der Waals surface area contributed by atoms with Crippen LogP contribution in [-0.2, 0) is 30.9 Å².